The van der Waals surface area contributed by atoms with Gasteiger partial charge in [-0.1, -0.05) is 6.92 Å². The summed E-state index contributed by atoms with van der Waals surface area (Å²) >= 11 is 3.28. The zero-order valence-electron chi connectivity index (χ0n) is 9.89. The summed E-state index contributed by atoms with van der Waals surface area (Å²) in [5, 5.41) is 9.10. The number of carboxylic acids is 1. The van der Waals surface area contributed by atoms with Crippen molar-refractivity contribution in [1.29, 1.82) is 0 Å². The number of rotatable bonds is 3. The second kappa shape index (κ2) is 4.82. The number of hydrogen-bond acceptors (Lipinski definition) is 3. The van der Waals surface area contributed by atoms with Gasteiger partial charge < -0.3 is 9.52 Å². The number of carbonyl (C=O) groups is 1. The van der Waals surface area contributed by atoms with Crippen molar-refractivity contribution in [1.82, 2.24) is 4.90 Å². The lowest BCUT2D eigenvalue weighted by Crippen LogP contribution is -2.26. The van der Waals surface area contributed by atoms with Gasteiger partial charge in [0.2, 0.25) is 0 Å². The third kappa shape index (κ3) is 2.55. The Hall–Kier alpha value is -0.810. The Kier molecular flexibility index (Phi) is 3.58. The Morgan fingerprint density at radius 2 is 2.29 bits per heavy atom. The van der Waals surface area contributed by atoms with Crippen LogP contribution in [0.3, 0.4) is 0 Å². The fourth-order valence-corrected chi connectivity index (χ4v) is 2.69. The minimum absolute atomic E-state index is 0.119. The molecule has 0 amide bonds. The SMILES string of the molecule is CC(c1ccc(Br)o1)N1C[C@@H](C)[C@H](C(=O)O)C1. The van der Waals surface area contributed by atoms with Crippen molar-refractivity contribution >= 4 is 21.9 Å². The Bertz CT molecular complexity index is 418. The van der Waals surface area contributed by atoms with Gasteiger partial charge in [-0.05, 0) is 40.9 Å². The van der Waals surface area contributed by atoms with Gasteiger partial charge in [0.25, 0.3) is 0 Å². The number of aliphatic carboxylic acids is 1. The molecule has 0 spiro atoms. The van der Waals surface area contributed by atoms with Gasteiger partial charge in [0.05, 0.1) is 12.0 Å². The molecule has 1 saturated heterocycles. The van der Waals surface area contributed by atoms with Gasteiger partial charge in [-0.25, -0.2) is 0 Å². The van der Waals surface area contributed by atoms with Crippen LogP contribution in [-0.2, 0) is 4.79 Å². The van der Waals surface area contributed by atoms with E-state index in [0.29, 0.717) is 11.2 Å². The molecule has 94 valence electrons. The molecule has 1 aromatic rings. The van der Waals surface area contributed by atoms with E-state index in [9.17, 15) is 4.79 Å². The van der Waals surface area contributed by atoms with Crippen molar-refractivity contribution in [3.8, 4) is 0 Å². The topological polar surface area (TPSA) is 53.7 Å². The van der Waals surface area contributed by atoms with Crippen LogP contribution in [0.4, 0.5) is 0 Å². The molecule has 2 heterocycles. The average Bonchev–Trinajstić information content (AvgIpc) is 2.83. The third-order valence-corrected chi connectivity index (χ3v) is 3.94. The van der Waals surface area contributed by atoms with Gasteiger partial charge in [-0.3, -0.25) is 9.69 Å². The van der Waals surface area contributed by atoms with Crippen LogP contribution < -0.4 is 0 Å². The molecule has 2 rings (SSSR count). The Balaban J connectivity index is 2.07. The van der Waals surface area contributed by atoms with E-state index in [0.717, 1.165) is 12.3 Å². The molecule has 5 heteroatoms. The quantitative estimate of drug-likeness (QED) is 0.933. The molecule has 1 fully saturated rings. The number of halogens is 1. The monoisotopic (exact) mass is 301 g/mol. The van der Waals surface area contributed by atoms with Crippen LogP contribution in [0, 0.1) is 11.8 Å². The van der Waals surface area contributed by atoms with Gasteiger partial charge in [0.15, 0.2) is 4.67 Å². The Morgan fingerprint density at radius 3 is 2.76 bits per heavy atom. The number of carboxylic acid groups (broad SMARTS) is 1. The lowest BCUT2D eigenvalue weighted by atomic mass is 9.99. The standard InChI is InChI=1S/C12H16BrNO3/c1-7-5-14(6-9(7)12(15)16)8(2)10-3-4-11(13)17-10/h3-4,7-9H,5-6H2,1-2H3,(H,15,16)/t7-,8?,9-/m1/s1. The molecule has 1 unspecified atom stereocenters. The first-order chi connectivity index (χ1) is 7.99. The Morgan fingerprint density at radius 1 is 1.59 bits per heavy atom. The molecule has 17 heavy (non-hydrogen) atoms. The van der Waals surface area contributed by atoms with Crippen LogP contribution in [0.15, 0.2) is 21.2 Å². The maximum Gasteiger partial charge on any atom is 0.308 e. The van der Waals surface area contributed by atoms with Crippen molar-refractivity contribution < 1.29 is 14.3 Å². The van der Waals surface area contributed by atoms with Gasteiger partial charge in [0, 0.05) is 13.1 Å². The minimum Gasteiger partial charge on any atom is -0.481 e. The van der Waals surface area contributed by atoms with E-state index in [1.54, 1.807) is 0 Å². The zero-order chi connectivity index (χ0) is 12.6. The van der Waals surface area contributed by atoms with Crippen LogP contribution in [-0.4, -0.2) is 29.1 Å². The summed E-state index contributed by atoms with van der Waals surface area (Å²) in [6, 6.07) is 3.90. The summed E-state index contributed by atoms with van der Waals surface area (Å²) < 4.78 is 6.23. The minimum atomic E-state index is -0.701. The van der Waals surface area contributed by atoms with Crippen LogP contribution in [0.1, 0.15) is 25.6 Å². The fourth-order valence-electron chi connectivity index (χ4n) is 2.37. The molecule has 0 bridgehead atoms. The van der Waals surface area contributed by atoms with Crippen molar-refractivity contribution in [2.45, 2.75) is 19.9 Å². The largest absolute Gasteiger partial charge is 0.481 e. The van der Waals surface area contributed by atoms with E-state index in [1.165, 1.54) is 0 Å². The predicted molar refractivity (Wildman–Crippen MR) is 66.7 cm³/mol. The van der Waals surface area contributed by atoms with Crippen LogP contribution in [0.25, 0.3) is 0 Å². The van der Waals surface area contributed by atoms with Crippen LogP contribution in [0.2, 0.25) is 0 Å². The summed E-state index contributed by atoms with van der Waals surface area (Å²) in [4.78, 5) is 13.2. The highest BCUT2D eigenvalue weighted by atomic mass is 79.9. The molecule has 3 atom stereocenters. The number of likely N-dealkylation sites (tertiary alicyclic amines) is 1. The van der Waals surface area contributed by atoms with Crippen molar-refractivity contribution in [2.75, 3.05) is 13.1 Å². The van der Waals surface area contributed by atoms with Crippen LogP contribution >= 0.6 is 15.9 Å². The van der Waals surface area contributed by atoms with E-state index in [-0.39, 0.29) is 17.9 Å². The van der Waals surface area contributed by atoms with E-state index in [1.807, 2.05) is 26.0 Å². The van der Waals surface area contributed by atoms with Crippen molar-refractivity contribution in [2.24, 2.45) is 11.8 Å². The maximum atomic E-state index is 11.1. The molecule has 1 N–H and O–H groups in total. The zero-order valence-corrected chi connectivity index (χ0v) is 11.5. The summed E-state index contributed by atoms with van der Waals surface area (Å²) in [5.41, 5.74) is 0. The second-order valence-electron chi connectivity index (χ2n) is 4.69. The number of nitrogens with zero attached hydrogens (tertiary/aromatic N) is 1. The molecule has 0 aromatic carbocycles. The highest BCUT2D eigenvalue weighted by molar-refractivity contribution is 9.10. The van der Waals surface area contributed by atoms with Crippen LogP contribution in [0.5, 0.6) is 0 Å². The third-order valence-electron chi connectivity index (χ3n) is 3.51. The molecule has 4 nitrogen and oxygen atoms in total. The molecule has 1 aliphatic rings. The van der Waals surface area contributed by atoms with E-state index in [2.05, 4.69) is 20.8 Å². The first kappa shape index (κ1) is 12.6. The van der Waals surface area contributed by atoms with E-state index < -0.39 is 5.97 Å². The molecule has 0 radical (unpaired) electrons. The first-order valence-corrected chi connectivity index (χ1v) is 6.50. The predicted octanol–water partition coefficient (Wildman–Crippen LogP) is 2.76. The maximum absolute atomic E-state index is 11.1. The van der Waals surface area contributed by atoms with E-state index >= 15 is 0 Å². The molecule has 1 aromatic heterocycles. The second-order valence-corrected chi connectivity index (χ2v) is 5.48. The lowest BCUT2D eigenvalue weighted by Gasteiger charge is -2.22. The number of hydrogen-bond donors (Lipinski definition) is 1. The van der Waals surface area contributed by atoms with Gasteiger partial charge in [-0.2, -0.15) is 0 Å². The summed E-state index contributed by atoms with van der Waals surface area (Å²) in [6.07, 6.45) is 0. The smallest absolute Gasteiger partial charge is 0.308 e. The summed E-state index contributed by atoms with van der Waals surface area (Å²) in [6.45, 7) is 5.43. The van der Waals surface area contributed by atoms with Crippen molar-refractivity contribution in [3.63, 3.8) is 0 Å². The van der Waals surface area contributed by atoms with E-state index in [4.69, 9.17) is 9.52 Å². The normalized spacial score (nSPS) is 27.2. The highest BCUT2D eigenvalue weighted by Crippen LogP contribution is 2.32. The lowest BCUT2D eigenvalue weighted by molar-refractivity contribution is -0.142. The van der Waals surface area contributed by atoms with Gasteiger partial charge in [-0.15, -0.1) is 0 Å². The van der Waals surface area contributed by atoms with Crippen molar-refractivity contribution in [3.05, 3.63) is 22.6 Å². The molecular weight excluding hydrogens is 286 g/mol. The Labute approximate surface area is 109 Å². The fraction of sp³-hybridized carbons (Fsp3) is 0.583. The molecule has 0 saturated carbocycles. The first-order valence-electron chi connectivity index (χ1n) is 5.71. The summed E-state index contributed by atoms with van der Waals surface area (Å²) in [5.74, 6) is 0.0899. The average molecular weight is 302 g/mol. The molecule has 1 aliphatic heterocycles. The van der Waals surface area contributed by atoms with Gasteiger partial charge in [0.1, 0.15) is 5.76 Å². The highest BCUT2D eigenvalue weighted by Gasteiger charge is 2.37. The van der Waals surface area contributed by atoms with Gasteiger partial charge >= 0.3 is 5.97 Å². The molecule has 0 aliphatic carbocycles. The molecular formula is C12H16BrNO3. The number of furan rings is 1. The summed E-state index contributed by atoms with van der Waals surface area (Å²) in [7, 11) is 0.